The molecule has 1 N–H and O–H groups in total. The van der Waals surface area contributed by atoms with Gasteiger partial charge in [0.2, 0.25) is 0 Å². The maximum atomic E-state index is 13.0. The zero-order valence-corrected chi connectivity index (χ0v) is 14.6. The molecule has 1 atom stereocenters. The van der Waals surface area contributed by atoms with E-state index in [9.17, 15) is 4.79 Å². The molecule has 3 aromatic rings. The number of hydrogen-bond donors (Lipinski definition) is 1. The van der Waals surface area contributed by atoms with Gasteiger partial charge in [0, 0.05) is 31.0 Å². The van der Waals surface area contributed by atoms with Crippen LogP contribution in [0.25, 0.3) is 11.0 Å². The lowest BCUT2D eigenvalue weighted by atomic mass is 9.96. The first-order valence-electron chi connectivity index (χ1n) is 9.27. The monoisotopic (exact) mass is 347 g/mol. The lowest BCUT2D eigenvalue weighted by Crippen LogP contribution is -2.39. The minimum Gasteiger partial charge on any atom is -0.493 e. The quantitative estimate of drug-likeness (QED) is 0.772. The van der Waals surface area contributed by atoms with Crippen LogP contribution in [0.5, 0.6) is 5.75 Å². The van der Waals surface area contributed by atoms with Crippen molar-refractivity contribution in [2.45, 2.75) is 25.2 Å². The number of nitrogens with zero attached hydrogens (tertiary/aromatic N) is 2. The number of carbonyl (C=O) groups is 1. The van der Waals surface area contributed by atoms with Gasteiger partial charge in [0.1, 0.15) is 11.6 Å². The molecule has 0 bridgehead atoms. The van der Waals surface area contributed by atoms with Gasteiger partial charge >= 0.3 is 0 Å². The number of likely N-dealkylation sites (tertiary alicyclic amines) is 1. The van der Waals surface area contributed by atoms with E-state index < -0.39 is 0 Å². The second-order valence-corrected chi connectivity index (χ2v) is 7.15. The Morgan fingerprint density at radius 3 is 3.08 bits per heavy atom. The van der Waals surface area contributed by atoms with Gasteiger partial charge in [-0.3, -0.25) is 4.79 Å². The zero-order chi connectivity index (χ0) is 17.5. The molecule has 0 unspecified atom stereocenters. The predicted octanol–water partition coefficient (Wildman–Crippen LogP) is 3.52. The molecule has 0 aliphatic carbocycles. The number of H-pyrrole nitrogens is 1. The summed E-state index contributed by atoms with van der Waals surface area (Å²) in [5.74, 6) is 2.28. The molecule has 1 fully saturated rings. The van der Waals surface area contributed by atoms with Gasteiger partial charge in [-0.2, -0.15) is 0 Å². The Morgan fingerprint density at radius 1 is 1.23 bits per heavy atom. The number of aromatic nitrogens is 2. The van der Waals surface area contributed by atoms with Crippen molar-refractivity contribution >= 4 is 16.9 Å². The molecule has 0 radical (unpaired) electrons. The van der Waals surface area contributed by atoms with E-state index in [1.165, 1.54) is 0 Å². The molecular weight excluding hydrogens is 326 g/mol. The van der Waals surface area contributed by atoms with Gasteiger partial charge < -0.3 is 14.6 Å². The summed E-state index contributed by atoms with van der Waals surface area (Å²) >= 11 is 0. The highest BCUT2D eigenvalue weighted by atomic mass is 16.5. The Balaban J connectivity index is 1.37. The summed E-state index contributed by atoms with van der Waals surface area (Å²) in [6.45, 7) is 2.24. The normalized spacial score (nSPS) is 19.4. The van der Waals surface area contributed by atoms with Crippen LogP contribution in [0.4, 0.5) is 0 Å². The van der Waals surface area contributed by atoms with E-state index in [0.29, 0.717) is 13.2 Å². The second-order valence-electron chi connectivity index (χ2n) is 7.15. The third kappa shape index (κ3) is 2.64. The lowest BCUT2D eigenvalue weighted by molar-refractivity contribution is 0.0705. The molecule has 5 heteroatoms. The first kappa shape index (κ1) is 15.4. The number of piperidine rings is 1. The SMILES string of the molecule is O=C(c1ccc2c(c1)CCO2)N1CCC[C@H](c2nc3ccccc3[nH]2)C1. The fourth-order valence-corrected chi connectivity index (χ4v) is 4.05. The molecule has 2 aromatic carbocycles. The number of rotatable bonds is 2. The third-order valence-corrected chi connectivity index (χ3v) is 5.44. The van der Waals surface area contributed by atoms with Gasteiger partial charge in [0.05, 0.1) is 17.6 Å². The fraction of sp³-hybridized carbons (Fsp3) is 0.333. The number of amides is 1. The lowest BCUT2D eigenvalue weighted by Gasteiger charge is -2.32. The number of imidazole rings is 1. The number of benzene rings is 2. The smallest absolute Gasteiger partial charge is 0.253 e. The van der Waals surface area contributed by atoms with Crippen LogP contribution in [0.2, 0.25) is 0 Å². The van der Waals surface area contributed by atoms with E-state index in [1.807, 2.05) is 47.4 Å². The first-order chi connectivity index (χ1) is 12.8. The van der Waals surface area contributed by atoms with Gasteiger partial charge in [-0.1, -0.05) is 12.1 Å². The number of carbonyl (C=O) groups excluding carboxylic acids is 1. The van der Waals surface area contributed by atoms with Crippen molar-refractivity contribution in [3.8, 4) is 5.75 Å². The van der Waals surface area contributed by atoms with E-state index in [1.54, 1.807) is 0 Å². The van der Waals surface area contributed by atoms with Gasteiger partial charge in [0.25, 0.3) is 5.91 Å². The first-order valence-corrected chi connectivity index (χ1v) is 9.27. The van der Waals surface area contributed by atoms with Gasteiger partial charge in [0.15, 0.2) is 0 Å². The summed E-state index contributed by atoms with van der Waals surface area (Å²) < 4.78 is 5.55. The second kappa shape index (κ2) is 6.16. The van der Waals surface area contributed by atoms with Crippen molar-refractivity contribution in [2.75, 3.05) is 19.7 Å². The number of para-hydroxylation sites is 2. The maximum Gasteiger partial charge on any atom is 0.253 e. The average Bonchev–Trinajstić information content (AvgIpc) is 3.33. The summed E-state index contributed by atoms with van der Waals surface area (Å²) in [6, 6.07) is 13.9. The van der Waals surface area contributed by atoms with E-state index in [0.717, 1.165) is 59.5 Å². The molecular formula is C21H21N3O2. The summed E-state index contributed by atoms with van der Waals surface area (Å²) in [5, 5.41) is 0. The van der Waals surface area contributed by atoms with Crippen LogP contribution < -0.4 is 4.74 Å². The molecule has 0 saturated carbocycles. The van der Waals surface area contributed by atoms with Crippen molar-refractivity contribution in [1.82, 2.24) is 14.9 Å². The topological polar surface area (TPSA) is 58.2 Å². The van der Waals surface area contributed by atoms with Crippen LogP contribution in [0.15, 0.2) is 42.5 Å². The highest BCUT2D eigenvalue weighted by Crippen LogP contribution is 2.29. The molecule has 5 rings (SSSR count). The van der Waals surface area contributed by atoms with Crippen molar-refractivity contribution in [3.05, 3.63) is 59.4 Å². The Hall–Kier alpha value is -2.82. The highest BCUT2D eigenvalue weighted by molar-refractivity contribution is 5.94. The van der Waals surface area contributed by atoms with Crippen LogP contribution in [0, 0.1) is 0 Å². The van der Waals surface area contributed by atoms with Crippen LogP contribution in [0.1, 0.15) is 40.5 Å². The Bertz CT molecular complexity index is 945. The predicted molar refractivity (Wildman–Crippen MR) is 99.6 cm³/mol. The molecule has 132 valence electrons. The molecule has 2 aliphatic heterocycles. The third-order valence-electron chi connectivity index (χ3n) is 5.44. The standard InChI is InChI=1S/C21H21N3O2/c25-21(15-7-8-19-14(12-15)9-11-26-19)24-10-3-4-16(13-24)20-22-17-5-1-2-6-18(17)23-20/h1-2,5-8,12,16H,3-4,9-11,13H2,(H,22,23)/t16-/m0/s1. The minimum atomic E-state index is 0.112. The molecule has 5 nitrogen and oxygen atoms in total. The van der Waals surface area contributed by atoms with Crippen LogP contribution in [-0.2, 0) is 6.42 Å². The largest absolute Gasteiger partial charge is 0.493 e. The summed E-state index contributed by atoms with van der Waals surface area (Å²) in [7, 11) is 0. The number of fused-ring (bicyclic) bond motifs is 2. The summed E-state index contributed by atoms with van der Waals surface area (Å²) in [5.41, 5.74) is 3.95. The molecule has 2 aliphatic rings. The number of aromatic amines is 1. The molecule has 26 heavy (non-hydrogen) atoms. The number of nitrogens with one attached hydrogen (secondary N) is 1. The minimum absolute atomic E-state index is 0.112. The van der Waals surface area contributed by atoms with Crippen molar-refractivity contribution in [3.63, 3.8) is 0 Å². The molecule has 3 heterocycles. The number of ether oxygens (including phenoxy) is 1. The summed E-state index contributed by atoms with van der Waals surface area (Å²) in [4.78, 5) is 23.1. The van der Waals surface area contributed by atoms with Gasteiger partial charge in [-0.05, 0) is 48.7 Å². The molecule has 1 aromatic heterocycles. The Morgan fingerprint density at radius 2 is 2.15 bits per heavy atom. The van der Waals surface area contributed by atoms with Gasteiger partial charge in [-0.15, -0.1) is 0 Å². The number of hydrogen-bond acceptors (Lipinski definition) is 3. The van der Waals surface area contributed by atoms with Gasteiger partial charge in [-0.25, -0.2) is 4.98 Å². The Kier molecular flexibility index (Phi) is 3.66. The van der Waals surface area contributed by atoms with Crippen molar-refractivity contribution < 1.29 is 9.53 Å². The average molecular weight is 347 g/mol. The molecule has 1 saturated heterocycles. The van der Waals surface area contributed by atoms with Crippen LogP contribution in [0.3, 0.4) is 0 Å². The zero-order valence-electron chi connectivity index (χ0n) is 14.6. The highest BCUT2D eigenvalue weighted by Gasteiger charge is 2.28. The fourth-order valence-electron chi connectivity index (χ4n) is 4.05. The van der Waals surface area contributed by atoms with E-state index in [-0.39, 0.29) is 11.8 Å². The van der Waals surface area contributed by atoms with Crippen molar-refractivity contribution in [1.29, 1.82) is 0 Å². The van der Waals surface area contributed by atoms with Crippen LogP contribution in [-0.4, -0.2) is 40.5 Å². The van der Waals surface area contributed by atoms with E-state index in [4.69, 9.17) is 9.72 Å². The maximum absolute atomic E-state index is 13.0. The summed E-state index contributed by atoms with van der Waals surface area (Å²) in [6.07, 6.45) is 2.95. The van der Waals surface area contributed by atoms with Crippen LogP contribution >= 0.6 is 0 Å². The van der Waals surface area contributed by atoms with E-state index >= 15 is 0 Å². The van der Waals surface area contributed by atoms with Crippen molar-refractivity contribution in [2.24, 2.45) is 0 Å². The Labute approximate surface area is 152 Å². The molecule has 0 spiro atoms. The van der Waals surface area contributed by atoms with E-state index in [2.05, 4.69) is 4.98 Å². The molecule has 1 amide bonds.